The smallest absolute Gasteiger partial charge is 0.335 e. The second-order valence-electron chi connectivity index (χ2n) is 4.99. The number of carboxylic acid groups (broad SMARTS) is 1. The van der Waals surface area contributed by atoms with Crippen LogP contribution in [0, 0.1) is 0 Å². The molecule has 0 atom stereocenters. The maximum atomic E-state index is 13.2. The number of alkyl halides is 2. The van der Waals surface area contributed by atoms with Crippen molar-refractivity contribution in [2.24, 2.45) is 0 Å². The van der Waals surface area contributed by atoms with Crippen molar-refractivity contribution in [1.29, 1.82) is 0 Å². The number of carbonyl (C=O) groups is 1. The van der Waals surface area contributed by atoms with Gasteiger partial charge in [0.05, 0.1) is 12.1 Å². The maximum absolute atomic E-state index is 13.2. The normalized spacial score (nSPS) is 19.3. The van der Waals surface area contributed by atoms with Gasteiger partial charge in [-0.3, -0.25) is 4.90 Å². The number of rotatable bonds is 4. The Bertz CT molecular complexity index is 445. The summed E-state index contributed by atoms with van der Waals surface area (Å²) in [5.74, 6) is -3.52. The molecule has 1 aliphatic rings. The third-order valence-corrected chi connectivity index (χ3v) is 3.39. The van der Waals surface area contributed by atoms with E-state index < -0.39 is 11.9 Å². The van der Waals surface area contributed by atoms with Crippen LogP contribution in [0.25, 0.3) is 0 Å². The Morgan fingerprint density at radius 3 is 2.58 bits per heavy atom. The van der Waals surface area contributed by atoms with Gasteiger partial charge in [-0.15, -0.1) is 0 Å². The quantitative estimate of drug-likeness (QED) is 0.913. The van der Waals surface area contributed by atoms with Gasteiger partial charge >= 0.3 is 5.97 Å². The third-order valence-electron chi connectivity index (χ3n) is 3.39. The fourth-order valence-electron chi connectivity index (χ4n) is 2.34. The van der Waals surface area contributed by atoms with E-state index in [4.69, 9.17) is 5.11 Å². The molecule has 0 amide bonds. The molecule has 1 aliphatic heterocycles. The number of benzene rings is 1. The van der Waals surface area contributed by atoms with Crippen LogP contribution in [-0.4, -0.2) is 41.5 Å². The number of nitrogens with zero attached hydrogens (tertiary/aromatic N) is 1. The molecule has 1 heterocycles. The summed E-state index contributed by atoms with van der Waals surface area (Å²) in [5, 5.41) is 8.78. The second-order valence-corrected chi connectivity index (χ2v) is 4.99. The molecule has 2 rings (SSSR count). The van der Waals surface area contributed by atoms with Crippen LogP contribution in [0.5, 0.6) is 0 Å². The van der Waals surface area contributed by atoms with Crippen molar-refractivity contribution >= 4 is 5.97 Å². The van der Waals surface area contributed by atoms with Crippen LogP contribution >= 0.6 is 0 Å². The van der Waals surface area contributed by atoms with Crippen molar-refractivity contribution in [3.8, 4) is 0 Å². The lowest BCUT2D eigenvalue weighted by molar-refractivity contribution is -0.0635. The van der Waals surface area contributed by atoms with Crippen LogP contribution in [-0.2, 0) is 6.42 Å². The molecule has 0 radical (unpaired) electrons. The molecule has 0 spiro atoms. The monoisotopic (exact) mass is 269 g/mol. The molecule has 1 fully saturated rings. The summed E-state index contributed by atoms with van der Waals surface area (Å²) >= 11 is 0. The first kappa shape index (κ1) is 13.9. The highest BCUT2D eigenvalue weighted by molar-refractivity contribution is 5.87. The lowest BCUT2D eigenvalue weighted by atomic mass is 10.1. The van der Waals surface area contributed by atoms with Gasteiger partial charge < -0.3 is 5.11 Å². The zero-order chi connectivity index (χ0) is 13.9. The average molecular weight is 269 g/mol. The molecular weight excluding hydrogens is 252 g/mol. The molecule has 0 bridgehead atoms. The van der Waals surface area contributed by atoms with E-state index in [1.165, 1.54) is 0 Å². The highest BCUT2D eigenvalue weighted by Gasteiger charge is 2.34. The van der Waals surface area contributed by atoms with E-state index >= 15 is 0 Å². The molecule has 0 aliphatic carbocycles. The standard InChI is InChI=1S/C14H17F2NO2/c15-14(16)7-1-8-17(10-14)9-6-11-2-4-12(5-3-11)13(18)19/h2-5H,1,6-10H2,(H,18,19). The van der Waals surface area contributed by atoms with E-state index in [1.54, 1.807) is 29.2 Å². The first-order valence-corrected chi connectivity index (χ1v) is 6.39. The number of hydrogen-bond acceptors (Lipinski definition) is 2. The molecular formula is C14H17F2NO2. The summed E-state index contributed by atoms with van der Waals surface area (Å²) in [5.41, 5.74) is 1.21. The van der Waals surface area contributed by atoms with Crippen LogP contribution in [0.4, 0.5) is 8.78 Å². The highest BCUT2D eigenvalue weighted by atomic mass is 19.3. The summed E-state index contributed by atoms with van der Waals surface area (Å²) in [4.78, 5) is 12.5. The fourth-order valence-corrected chi connectivity index (χ4v) is 2.34. The molecule has 19 heavy (non-hydrogen) atoms. The van der Waals surface area contributed by atoms with Gasteiger partial charge in [-0.1, -0.05) is 12.1 Å². The zero-order valence-corrected chi connectivity index (χ0v) is 10.6. The molecule has 104 valence electrons. The number of halogens is 2. The minimum atomic E-state index is -2.56. The highest BCUT2D eigenvalue weighted by Crippen LogP contribution is 2.26. The number of likely N-dealkylation sites (tertiary alicyclic amines) is 1. The van der Waals surface area contributed by atoms with Crippen molar-refractivity contribution in [3.63, 3.8) is 0 Å². The molecule has 5 heteroatoms. The molecule has 1 saturated heterocycles. The van der Waals surface area contributed by atoms with Crippen molar-refractivity contribution < 1.29 is 18.7 Å². The van der Waals surface area contributed by atoms with Crippen LogP contribution in [0.15, 0.2) is 24.3 Å². The van der Waals surface area contributed by atoms with Crippen molar-refractivity contribution in [2.75, 3.05) is 19.6 Å². The van der Waals surface area contributed by atoms with Gasteiger partial charge in [0.2, 0.25) is 0 Å². The maximum Gasteiger partial charge on any atom is 0.335 e. The Kier molecular flexibility index (Phi) is 4.14. The van der Waals surface area contributed by atoms with Gasteiger partial charge in [-0.2, -0.15) is 0 Å². The summed E-state index contributed by atoms with van der Waals surface area (Å²) in [6, 6.07) is 6.57. The molecule has 1 aromatic carbocycles. The number of carboxylic acids is 1. The third kappa shape index (κ3) is 3.99. The first-order chi connectivity index (χ1) is 8.96. The Morgan fingerprint density at radius 1 is 1.32 bits per heavy atom. The molecule has 0 aromatic heterocycles. The zero-order valence-electron chi connectivity index (χ0n) is 10.6. The second kappa shape index (κ2) is 5.65. The molecule has 0 unspecified atom stereocenters. The Labute approximate surface area is 110 Å². The van der Waals surface area contributed by atoms with Gasteiger partial charge in [0.1, 0.15) is 0 Å². The van der Waals surface area contributed by atoms with Gasteiger partial charge in [0.25, 0.3) is 5.92 Å². The number of aromatic carboxylic acids is 1. The number of hydrogen-bond donors (Lipinski definition) is 1. The summed E-state index contributed by atoms with van der Waals surface area (Å²) < 4.78 is 26.4. The van der Waals surface area contributed by atoms with Crippen LogP contribution in [0.2, 0.25) is 0 Å². The van der Waals surface area contributed by atoms with Crippen molar-refractivity contribution in [2.45, 2.75) is 25.2 Å². The van der Waals surface area contributed by atoms with Crippen LogP contribution in [0.3, 0.4) is 0 Å². The van der Waals surface area contributed by atoms with Crippen molar-refractivity contribution in [3.05, 3.63) is 35.4 Å². The van der Waals surface area contributed by atoms with Crippen LogP contribution < -0.4 is 0 Å². The van der Waals surface area contributed by atoms with E-state index in [0.29, 0.717) is 25.9 Å². The van der Waals surface area contributed by atoms with E-state index in [0.717, 1.165) is 5.56 Å². The lowest BCUT2D eigenvalue weighted by Gasteiger charge is -2.32. The topological polar surface area (TPSA) is 40.5 Å². The van der Waals surface area contributed by atoms with Gasteiger partial charge in [0, 0.05) is 13.0 Å². The average Bonchev–Trinajstić information content (AvgIpc) is 2.36. The summed E-state index contributed by atoms with van der Waals surface area (Å²) in [7, 11) is 0. The van der Waals surface area contributed by atoms with E-state index in [9.17, 15) is 13.6 Å². The van der Waals surface area contributed by atoms with E-state index in [2.05, 4.69) is 0 Å². The lowest BCUT2D eigenvalue weighted by Crippen LogP contribution is -2.43. The Balaban J connectivity index is 1.86. The van der Waals surface area contributed by atoms with E-state index in [1.807, 2.05) is 0 Å². The molecule has 0 saturated carbocycles. The molecule has 1 N–H and O–H groups in total. The minimum absolute atomic E-state index is 0.0171. The molecule has 3 nitrogen and oxygen atoms in total. The van der Waals surface area contributed by atoms with E-state index in [-0.39, 0.29) is 18.5 Å². The minimum Gasteiger partial charge on any atom is -0.478 e. The van der Waals surface area contributed by atoms with Gasteiger partial charge in [-0.05, 0) is 37.1 Å². The number of piperidine rings is 1. The van der Waals surface area contributed by atoms with Crippen molar-refractivity contribution in [1.82, 2.24) is 4.90 Å². The van der Waals surface area contributed by atoms with Gasteiger partial charge in [0.15, 0.2) is 0 Å². The van der Waals surface area contributed by atoms with Crippen LogP contribution in [0.1, 0.15) is 28.8 Å². The predicted molar refractivity (Wildman–Crippen MR) is 67.7 cm³/mol. The Morgan fingerprint density at radius 2 is 2.00 bits per heavy atom. The first-order valence-electron chi connectivity index (χ1n) is 6.39. The predicted octanol–water partition coefficient (Wildman–Crippen LogP) is 2.66. The summed E-state index contributed by atoms with van der Waals surface area (Å²) in [6.45, 7) is 1.13. The largest absolute Gasteiger partial charge is 0.478 e. The fraction of sp³-hybridized carbons (Fsp3) is 0.500. The summed E-state index contributed by atoms with van der Waals surface area (Å²) in [6.07, 6.45) is 1.18. The van der Waals surface area contributed by atoms with Gasteiger partial charge in [-0.25, -0.2) is 13.6 Å². The Hall–Kier alpha value is -1.49. The molecule has 1 aromatic rings. The SMILES string of the molecule is O=C(O)c1ccc(CCN2CCCC(F)(F)C2)cc1.